The summed E-state index contributed by atoms with van der Waals surface area (Å²) in [7, 11) is 0. The molecule has 25 heavy (non-hydrogen) atoms. The van der Waals surface area contributed by atoms with Crippen LogP contribution >= 0.6 is 0 Å². The Labute approximate surface area is 146 Å². The molecule has 0 atom stereocenters. The lowest BCUT2D eigenvalue weighted by Gasteiger charge is -2.37. The monoisotopic (exact) mass is 348 g/mol. The summed E-state index contributed by atoms with van der Waals surface area (Å²) in [6.45, 7) is 2.08. The van der Waals surface area contributed by atoms with Gasteiger partial charge in [-0.2, -0.15) is 0 Å². The van der Waals surface area contributed by atoms with Gasteiger partial charge in [0.05, 0.1) is 25.4 Å². The van der Waals surface area contributed by atoms with Crippen LogP contribution < -0.4 is 10.6 Å². The SMILES string of the molecule is O=C(NCc1cc2ccccc2o1)NCC1(OCCO)CCOCC1. The molecular formula is C18H24N2O5. The van der Waals surface area contributed by atoms with Crippen LogP contribution in [0.4, 0.5) is 4.79 Å². The van der Waals surface area contributed by atoms with Gasteiger partial charge in [0.15, 0.2) is 0 Å². The molecule has 7 heteroatoms. The van der Waals surface area contributed by atoms with Crippen LogP contribution in [0.2, 0.25) is 0 Å². The first-order valence-corrected chi connectivity index (χ1v) is 8.52. The molecule has 1 aliphatic rings. The summed E-state index contributed by atoms with van der Waals surface area (Å²) in [5.74, 6) is 0.702. The molecule has 0 saturated carbocycles. The molecule has 0 bridgehead atoms. The molecule has 2 amide bonds. The molecular weight excluding hydrogens is 324 g/mol. The van der Waals surface area contributed by atoms with Gasteiger partial charge < -0.3 is 29.6 Å². The number of fused-ring (bicyclic) bond motifs is 1. The van der Waals surface area contributed by atoms with Gasteiger partial charge in [0.2, 0.25) is 0 Å². The number of benzene rings is 1. The van der Waals surface area contributed by atoms with E-state index in [0.717, 1.165) is 11.0 Å². The third kappa shape index (κ3) is 4.72. The summed E-state index contributed by atoms with van der Waals surface area (Å²) < 4.78 is 16.8. The molecule has 0 spiro atoms. The number of carbonyl (C=O) groups excluding carboxylic acids is 1. The second-order valence-corrected chi connectivity index (χ2v) is 6.15. The molecule has 2 aromatic rings. The molecule has 1 fully saturated rings. The number of carbonyl (C=O) groups is 1. The number of aliphatic hydroxyl groups excluding tert-OH is 1. The molecule has 1 aliphatic heterocycles. The zero-order valence-corrected chi connectivity index (χ0v) is 14.1. The summed E-state index contributed by atoms with van der Waals surface area (Å²) >= 11 is 0. The van der Waals surface area contributed by atoms with Crippen LogP contribution in [-0.2, 0) is 16.0 Å². The van der Waals surface area contributed by atoms with Crippen LogP contribution in [-0.4, -0.2) is 49.7 Å². The van der Waals surface area contributed by atoms with Gasteiger partial charge in [-0.1, -0.05) is 18.2 Å². The van der Waals surface area contributed by atoms with Gasteiger partial charge >= 0.3 is 6.03 Å². The van der Waals surface area contributed by atoms with Crippen molar-refractivity contribution in [1.82, 2.24) is 10.6 Å². The van der Waals surface area contributed by atoms with Crippen molar-refractivity contribution in [3.05, 3.63) is 36.1 Å². The van der Waals surface area contributed by atoms with Crippen molar-refractivity contribution < 1.29 is 23.8 Å². The zero-order valence-electron chi connectivity index (χ0n) is 14.1. The second-order valence-electron chi connectivity index (χ2n) is 6.15. The number of para-hydroxylation sites is 1. The average Bonchev–Trinajstić information content (AvgIpc) is 3.07. The third-order valence-corrected chi connectivity index (χ3v) is 4.37. The molecule has 0 radical (unpaired) electrons. The Bertz CT molecular complexity index is 661. The van der Waals surface area contributed by atoms with E-state index in [2.05, 4.69) is 10.6 Å². The standard InChI is InChI=1S/C18H24N2O5/c21-7-10-24-18(5-8-23-9-6-18)13-20-17(22)19-12-15-11-14-3-1-2-4-16(14)25-15/h1-4,11,21H,5-10,12-13H2,(H2,19,20,22). The minimum atomic E-state index is -0.475. The number of amides is 2. The van der Waals surface area contributed by atoms with Crippen LogP contribution in [0.25, 0.3) is 11.0 Å². The van der Waals surface area contributed by atoms with Crippen LogP contribution in [0.3, 0.4) is 0 Å². The average molecular weight is 348 g/mol. The number of hydrogen-bond acceptors (Lipinski definition) is 5. The normalized spacial score (nSPS) is 16.7. The van der Waals surface area contributed by atoms with E-state index in [4.69, 9.17) is 19.0 Å². The highest BCUT2D eigenvalue weighted by molar-refractivity contribution is 5.78. The fourth-order valence-electron chi connectivity index (χ4n) is 2.97. The van der Waals surface area contributed by atoms with E-state index in [0.29, 0.717) is 44.9 Å². The van der Waals surface area contributed by atoms with Crippen molar-refractivity contribution in [3.63, 3.8) is 0 Å². The molecule has 0 aliphatic carbocycles. The molecule has 2 heterocycles. The topological polar surface area (TPSA) is 93.0 Å². The van der Waals surface area contributed by atoms with Crippen LogP contribution in [0.1, 0.15) is 18.6 Å². The minimum absolute atomic E-state index is 0.0408. The van der Waals surface area contributed by atoms with E-state index in [1.807, 2.05) is 30.3 Å². The van der Waals surface area contributed by atoms with Gasteiger partial charge in [0, 0.05) is 38.0 Å². The van der Waals surface area contributed by atoms with Gasteiger partial charge in [0.1, 0.15) is 11.3 Å². The number of hydrogen-bond donors (Lipinski definition) is 3. The lowest BCUT2D eigenvalue weighted by molar-refractivity contribution is -0.114. The molecule has 3 rings (SSSR count). The van der Waals surface area contributed by atoms with Gasteiger partial charge in [-0.3, -0.25) is 0 Å². The van der Waals surface area contributed by atoms with E-state index in [-0.39, 0.29) is 19.2 Å². The first-order chi connectivity index (χ1) is 12.2. The molecule has 3 N–H and O–H groups in total. The Morgan fingerprint density at radius 3 is 2.80 bits per heavy atom. The Hall–Kier alpha value is -2.09. The Morgan fingerprint density at radius 1 is 1.24 bits per heavy atom. The van der Waals surface area contributed by atoms with E-state index >= 15 is 0 Å². The van der Waals surface area contributed by atoms with E-state index in [1.165, 1.54) is 0 Å². The number of aliphatic hydroxyl groups is 1. The molecule has 136 valence electrons. The second kappa shape index (κ2) is 8.33. The summed E-state index contributed by atoms with van der Waals surface area (Å²) in [5, 5.41) is 15.6. The van der Waals surface area contributed by atoms with E-state index in [9.17, 15) is 4.79 Å². The van der Waals surface area contributed by atoms with E-state index in [1.54, 1.807) is 0 Å². The number of nitrogens with one attached hydrogen (secondary N) is 2. The van der Waals surface area contributed by atoms with Gasteiger partial charge in [-0.05, 0) is 12.1 Å². The van der Waals surface area contributed by atoms with Crippen molar-refractivity contribution in [2.24, 2.45) is 0 Å². The quantitative estimate of drug-likeness (QED) is 0.709. The van der Waals surface area contributed by atoms with Crippen molar-refractivity contribution in [2.45, 2.75) is 25.0 Å². The molecule has 0 unspecified atom stereocenters. The van der Waals surface area contributed by atoms with Gasteiger partial charge in [-0.15, -0.1) is 0 Å². The van der Waals surface area contributed by atoms with Crippen molar-refractivity contribution in [3.8, 4) is 0 Å². The van der Waals surface area contributed by atoms with Crippen molar-refractivity contribution in [1.29, 1.82) is 0 Å². The summed E-state index contributed by atoms with van der Waals surface area (Å²) in [5.41, 5.74) is 0.329. The summed E-state index contributed by atoms with van der Waals surface area (Å²) in [6.07, 6.45) is 1.38. The largest absolute Gasteiger partial charge is 0.459 e. The fourth-order valence-corrected chi connectivity index (χ4v) is 2.97. The maximum atomic E-state index is 12.1. The lowest BCUT2D eigenvalue weighted by atomic mass is 9.94. The highest BCUT2D eigenvalue weighted by atomic mass is 16.5. The summed E-state index contributed by atoms with van der Waals surface area (Å²) in [6, 6.07) is 9.36. The number of ether oxygens (including phenoxy) is 2. The molecule has 7 nitrogen and oxygen atoms in total. The van der Waals surface area contributed by atoms with E-state index < -0.39 is 5.60 Å². The minimum Gasteiger partial charge on any atom is -0.459 e. The highest BCUT2D eigenvalue weighted by Crippen LogP contribution is 2.24. The highest BCUT2D eigenvalue weighted by Gasteiger charge is 2.33. The summed E-state index contributed by atoms with van der Waals surface area (Å²) in [4.78, 5) is 12.1. The maximum absolute atomic E-state index is 12.1. The number of urea groups is 1. The number of rotatable bonds is 7. The first kappa shape index (κ1) is 17.7. The zero-order chi connectivity index (χ0) is 17.5. The van der Waals surface area contributed by atoms with Gasteiger partial charge in [-0.25, -0.2) is 4.79 Å². The van der Waals surface area contributed by atoms with Crippen molar-refractivity contribution >= 4 is 17.0 Å². The van der Waals surface area contributed by atoms with Crippen LogP contribution in [0, 0.1) is 0 Å². The number of furan rings is 1. The predicted octanol–water partition coefficient (Wildman–Crippen LogP) is 1.79. The predicted molar refractivity (Wildman–Crippen MR) is 92.3 cm³/mol. The third-order valence-electron chi connectivity index (χ3n) is 4.37. The van der Waals surface area contributed by atoms with Gasteiger partial charge in [0.25, 0.3) is 0 Å². The Kier molecular flexibility index (Phi) is 5.91. The molecule has 1 aromatic carbocycles. The molecule has 1 saturated heterocycles. The van der Waals surface area contributed by atoms with Crippen LogP contribution in [0.15, 0.2) is 34.7 Å². The van der Waals surface area contributed by atoms with Crippen LogP contribution in [0.5, 0.6) is 0 Å². The smallest absolute Gasteiger partial charge is 0.315 e. The maximum Gasteiger partial charge on any atom is 0.315 e. The Morgan fingerprint density at radius 2 is 2.04 bits per heavy atom. The fraction of sp³-hybridized carbons (Fsp3) is 0.500. The Balaban J connectivity index is 1.49. The first-order valence-electron chi connectivity index (χ1n) is 8.52. The van der Waals surface area contributed by atoms with Crippen molar-refractivity contribution in [2.75, 3.05) is 33.0 Å². The lowest BCUT2D eigenvalue weighted by Crippen LogP contribution is -2.51. The molecule has 1 aromatic heterocycles.